The molecule has 3 rings (SSSR count). The molecule has 21 heavy (non-hydrogen) atoms. The summed E-state index contributed by atoms with van der Waals surface area (Å²) < 4.78 is 6.00. The van der Waals surface area contributed by atoms with Gasteiger partial charge in [-0.2, -0.15) is 0 Å². The molecule has 0 spiro atoms. The molecule has 0 saturated carbocycles. The maximum atomic E-state index is 6.00. The van der Waals surface area contributed by atoms with Crippen molar-refractivity contribution in [3.63, 3.8) is 0 Å². The van der Waals surface area contributed by atoms with E-state index in [0.717, 1.165) is 31.2 Å². The Balaban J connectivity index is 1.34. The molecule has 1 atom stereocenters. The topological polar surface area (TPSA) is 24.5 Å². The van der Waals surface area contributed by atoms with Gasteiger partial charge in [-0.15, -0.1) is 0 Å². The van der Waals surface area contributed by atoms with Crippen molar-refractivity contribution in [2.45, 2.75) is 38.7 Å². The SMILES string of the molecule is Cc1ccc2c(c1)CC(CNCCC1CCN(C)CC1)O2. The first-order valence-corrected chi connectivity index (χ1v) is 8.36. The Morgan fingerprint density at radius 2 is 2.10 bits per heavy atom. The van der Waals surface area contributed by atoms with Gasteiger partial charge in [-0.25, -0.2) is 0 Å². The molecule has 0 amide bonds. The van der Waals surface area contributed by atoms with Crippen LogP contribution in [-0.4, -0.2) is 44.2 Å². The lowest BCUT2D eigenvalue weighted by Crippen LogP contribution is -2.34. The summed E-state index contributed by atoms with van der Waals surface area (Å²) in [6.45, 7) is 6.79. The number of hydrogen-bond donors (Lipinski definition) is 1. The fourth-order valence-electron chi connectivity index (χ4n) is 3.48. The van der Waals surface area contributed by atoms with Crippen molar-refractivity contribution in [3.05, 3.63) is 29.3 Å². The monoisotopic (exact) mass is 288 g/mol. The highest BCUT2D eigenvalue weighted by atomic mass is 16.5. The van der Waals surface area contributed by atoms with Crippen molar-refractivity contribution in [1.82, 2.24) is 10.2 Å². The Kier molecular flexibility index (Phi) is 4.81. The van der Waals surface area contributed by atoms with Crippen LogP contribution in [0.2, 0.25) is 0 Å². The summed E-state index contributed by atoms with van der Waals surface area (Å²) in [6.07, 6.45) is 5.41. The maximum absolute atomic E-state index is 6.00. The molecule has 3 nitrogen and oxygen atoms in total. The van der Waals surface area contributed by atoms with Crippen LogP contribution in [0.25, 0.3) is 0 Å². The standard InChI is InChI=1S/C18H28N2O/c1-14-3-4-18-16(11-14)12-17(21-18)13-19-8-5-15-6-9-20(2)10-7-15/h3-4,11,15,17,19H,5-10,12-13H2,1-2H3. The number of benzene rings is 1. The first-order valence-electron chi connectivity index (χ1n) is 8.36. The first-order chi connectivity index (χ1) is 10.2. The van der Waals surface area contributed by atoms with E-state index in [2.05, 4.69) is 42.4 Å². The number of nitrogens with zero attached hydrogens (tertiary/aromatic N) is 1. The van der Waals surface area contributed by atoms with Crippen molar-refractivity contribution in [2.24, 2.45) is 5.92 Å². The van der Waals surface area contributed by atoms with Gasteiger partial charge >= 0.3 is 0 Å². The molecular formula is C18H28N2O. The Morgan fingerprint density at radius 3 is 2.90 bits per heavy atom. The molecule has 1 unspecified atom stereocenters. The number of piperidine rings is 1. The third-order valence-corrected chi connectivity index (χ3v) is 4.90. The molecule has 1 aromatic carbocycles. The first kappa shape index (κ1) is 14.9. The number of rotatable bonds is 5. The van der Waals surface area contributed by atoms with Crippen molar-refractivity contribution < 1.29 is 4.74 Å². The van der Waals surface area contributed by atoms with Gasteiger partial charge in [-0.3, -0.25) is 0 Å². The van der Waals surface area contributed by atoms with Crippen molar-refractivity contribution in [3.8, 4) is 5.75 Å². The Bertz CT molecular complexity index is 466. The zero-order valence-electron chi connectivity index (χ0n) is 13.4. The molecule has 1 fully saturated rings. The van der Waals surface area contributed by atoms with Crippen LogP contribution in [0.1, 0.15) is 30.4 Å². The van der Waals surface area contributed by atoms with Crippen molar-refractivity contribution >= 4 is 0 Å². The van der Waals surface area contributed by atoms with E-state index in [-0.39, 0.29) is 0 Å². The maximum Gasteiger partial charge on any atom is 0.123 e. The predicted octanol–water partition coefficient (Wildman–Crippen LogP) is 2.62. The van der Waals surface area contributed by atoms with Crippen molar-refractivity contribution in [1.29, 1.82) is 0 Å². The molecule has 0 aliphatic carbocycles. The van der Waals surface area contributed by atoms with Gasteiger partial charge in [0.1, 0.15) is 11.9 Å². The van der Waals surface area contributed by atoms with Crippen LogP contribution < -0.4 is 10.1 Å². The van der Waals surface area contributed by atoms with Gasteiger partial charge in [-0.1, -0.05) is 17.7 Å². The number of ether oxygens (including phenoxy) is 1. The molecule has 2 heterocycles. The lowest BCUT2D eigenvalue weighted by atomic mass is 9.94. The molecular weight excluding hydrogens is 260 g/mol. The second-order valence-corrected chi connectivity index (χ2v) is 6.79. The average Bonchev–Trinajstić information content (AvgIpc) is 2.87. The summed E-state index contributed by atoms with van der Waals surface area (Å²) in [5.74, 6) is 2.00. The van der Waals surface area contributed by atoms with Crippen LogP contribution in [0.4, 0.5) is 0 Å². The van der Waals surface area contributed by atoms with Gasteiger partial charge in [0.05, 0.1) is 0 Å². The molecule has 0 radical (unpaired) electrons. The largest absolute Gasteiger partial charge is 0.488 e. The predicted molar refractivity (Wildman–Crippen MR) is 87.0 cm³/mol. The summed E-state index contributed by atoms with van der Waals surface area (Å²) in [7, 11) is 2.23. The zero-order chi connectivity index (χ0) is 14.7. The van der Waals surface area contributed by atoms with E-state index >= 15 is 0 Å². The summed E-state index contributed by atoms with van der Waals surface area (Å²) in [4.78, 5) is 2.44. The van der Waals surface area contributed by atoms with Crippen LogP contribution in [-0.2, 0) is 6.42 Å². The summed E-state index contributed by atoms with van der Waals surface area (Å²) >= 11 is 0. The molecule has 2 aliphatic heterocycles. The normalized spacial score (nSPS) is 23.0. The Hall–Kier alpha value is -1.06. The Morgan fingerprint density at radius 1 is 1.29 bits per heavy atom. The van der Waals surface area contributed by atoms with Gasteiger partial charge < -0.3 is 15.0 Å². The number of nitrogens with one attached hydrogen (secondary N) is 1. The second-order valence-electron chi connectivity index (χ2n) is 6.79. The molecule has 1 N–H and O–H groups in total. The minimum Gasteiger partial charge on any atom is -0.488 e. The smallest absolute Gasteiger partial charge is 0.123 e. The third-order valence-electron chi connectivity index (χ3n) is 4.90. The average molecular weight is 288 g/mol. The van der Waals surface area contributed by atoms with Gasteiger partial charge in [0.25, 0.3) is 0 Å². The van der Waals surface area contributed by atoms with Crippen molar-refractivity contribution in [2.75, 3.05) is 33.2 Å². The summed E-state index contributed by atoms with van der Waals surface area (Å²) in [5.41, 5.74) is 2.70. The number of aryl methyl sites for hydroxylation is 1. The van der Waals surface area contributed by atoms with E-state index in [1.54, 1.807) is 0 Å². The number of hydrogen-bond acceptors (Lipinski definition) is 3. The van der Waals surface area contributed by atoms with Crippen LogP contribution in [0.5, 0.6) is 5.75 Å². The van der Waals surface area contributed by atoms with Crippen LogP contribution in [0.15, 0.2) is 18.2 Å². The van der Waals surface area contributed by atoms with Crippen LogP contribution in [0.3, 0.4) is 0 Å². The van der Waals surface area contributed by atoms with Gasteiger partial charge in [-0.05, 0) is 70.4 Å². The molecule has 0 aromatic heterocycles. The molecule has 3 heteroatoms. The summed E-state index contributed by atoms with van der Waals surface area (Å²) in [6, 6.07) is 6.51. The second kappa shape index (κ2) is 6.80. The van der Waals surface area contributed by atoms with E-state index in [1.165, 1.54) is 43.5 Å². The Labute approximate surface area is 128 Å². The lowest BCUT2D eigenvalue weighted by molar-refractivity contribution is 0.204. The number of likely N-dealkylation sites (tertiary alicyclic amines) is 1. The minimum atomic E-state index is 0.319. The molecule has 1 aromatic rings. The highest BCUT2D eigenvalue weighted by molar-refractivity contribution is 5.40. The minimum absolute atomic E-state index is 0.319. The fraction of sp³-hybridized carbons (Fsp3) is 0.667. The van der Waals surface area contributed by atoms with E-state index in [9.17, 15) is 0 Å². The van der Waals surface area contributed by atoms with E-state index in [4.69, 9.17) is 4.74 Å². The van der Waals surface area contributed by atoms with Crippen LogP contribution >= 0.6 is 0 Å². The van der Waals surface area contributed by atoms with Gasteiger partial charge in [0, 0.05) is 13.0 Å². The quantitative estimate of drug-likeness (QED) is 0.843. The van der Waals surface area contributed by atoms with Gasteiger partial charge in [0.2, 0.25) is 0 Å². The van der Waals surface area contributed by atoms with E-state index in [1.807, 2.05) is 0 Å². The molecule has 2 aliphatic rings. The van der Waals surface area contributed by atoms with E-state index in [0.29, 0.717) is 6.10 Å². The molecule has 1 saturated heterocycles. The molecule has 116 valence electrons. The van der Waals surface area contributed by atoms with Gasteiger partial charge in [0.15, 0.2) is 0 Å². The number of fused-ring (bicyclic) bond motifs is 1. The van der Waals surface area contributed by atoms with E-state index < -0.39 is 0 Å². The van der Waals surface area contributed by atoms with Crippen LogP contribution in [0, 0.1) is 12.8 Å². The highest BCUT2D eigenvalue weighted by Gasteiger charge is 2.22. The summed E-state index contributed by atoms with van der Waals surface area (Å²) in [5, 5.41) is 3.60. The third kappa shape index (κ3) is 3.98. The zero-order valence-corrected chi connectivity index (χ0v) is 13.4. The molecule has 0 bridgehead atoms. The fourth-order valence-corrected chi connectivity index (χ4v) is 3.48. The highest BCUT2D eigenvalue weighted by Crippen LogP contribution is 2.29. The lowest BCUT2D eigenvalue weighted by Gasteiger charge is -2.29.